The molecule has 0 aliphatic carbocycles. The van der Waals surface area contributed by atoms with Gasteiger partial charge in [0, 0.05) is 24.2 Å². The Morgan fingerprint density at radius 1 is 1.04 bits per heavy atom. The fourth-order valence-corrected chi connectivity index (χ4v) is 2.37. The molecule has 3 N–H and O–H groups in total. The molecule has 2 aromatic carbocycles. The summed E-state index contributed by atoms with van der Waals surface area (Å²) in [6, 6.07) is 14.1. The Hall–Kier alpha value is -2.34. The minimum atomic E-state index is -0.497. The highest BCUT2D eigenvalue weighted by Crippen LogP contribution is 2.22. The molecule has 0 bridgehead atoms. The van der Waals surface area contributed by atoms with E-state index in [1.54, 1.807) is 0 Å². The Morgan fingerprint density at radius 2 is 1.71 bits per heavy atom. The number of nitrogens with one attached hydrogen (secondary N) is 3. The van der Waals surface area contributed by atoms with Gasteiger partial charge in [-0.05, 0) is 44.4 Å². The number of hydrogen-bond donors (Lipinski definition) is 3. The van der Waals surface area contributed by atoms with Crippen molar-refractivity contribution >= 4 is 39.9 Å². The summed E-state index contributed by atoms with van der Waals surface area (Å²) in [5.74, 6) is 0. The van der Waals surface area contributed by atoms with E-state index in [0.717, 1.165) is 16.5 Å². The molecule has 6 heteroatoms. The zero-order valence-electron chi connectivity index (χ0n) is 14.2. The first kappa shape index (κ1) is 18.0. The molecule has 1 amide bonds. The average Bonchev–Trinajstić information content (AvgIpc) is 2.50. The monoisotopic (exact) mass is 345 g/mol. The molecule has 0 saturated carbocycles. The van der Waals surface area contributed by atoms with Gasteiger partial charge >= 0.3 is 6.09 Å². The van der Waals surface area contributed by atoms with Crippen LogP contribution in [0, 0.1) is 0 Å². The minimum Gasteiger partial charge on any atom is -0.444 e. The fraction of sp³-hybridized carbons (Fsp3) is 0.333. The zero-order valence-corrected chi connectivity index (χ0v) is 15.0. The molecule has 2 aromatic rings. The van der Waals surface area contributed by atoms with Crippen LogP contribution in [0.3, 0.4) is 0 Å². The van der Waals surface area contributed by atoms with Crippen LogP contribution in [0.1, 0.15) is 20.8 Å². The van der Waals surface area contributed by atoms with Gasteiger partial charge in [0.05, 0.1) is 0 Å². The van der Waals surface area contributed by atoms with Crippen molar-refractivity contribution in [1.82, 2.24) is 10.6 Å². The maximum absolute atomic E-state index is 11.5. The molecule has 0 saturated heterocycles. The zero-order chi connectivity index (χ0) is 17.6. The summed E-state index contributed by atoms with van der Waals surface area (Å²) in [6.45, 7) is 6.41. The van der Waals surface area contributed by atoms with Crippen LogP contribution in [-0.2, 0) is 4.74 Å². The lowest BCUT2D eigenvalue weighted by Gasteiger charge is -2.19. The number of benzene rings is 2. The lowest BCUT2D eigenvalue weighted by molar-refractivity contribution is 0.0529. The Labute approximate surface area is 147 Å². The average molecular weight is 345 g/mol. The predicted molar refractivity (Wildman–Crippen MR) is 102 cm³/mol. The number of fused-ring (bicyclic) bond motifs is 1. The lowest BCUT2D eigenvalue weighted by atomic mass is 10.1. The van der Waals surface area contributed by atoms with Crippen molar-refractivity contribution in [3.63, 3.8) is 0 Å². The molecular formula is C18H23N3O2S. The van der Waals surface area contributed by atoms with Gasteiger partial charge < -0.3 is 20.7 Å². The van der Waals surface area contributed by atoms with Gasteiger partial charge in [0.15, 0.2) is 5.11 Å². The number of ether oxygens (including phenoxy) is 1. The maximum Gasteiger partial charge on any atom is 0.407 e. The highest BCUT2D eigenvalue weighted by Gasteiger charge is 2.15. The molecule has 0 atom stereocenters. The smallest absolute Gasteiger partial charge is 0.407 e. The van der Waals surface area contributed by atoms with Crippen molar-refractivity contribution < 1.29 is 9.53 Å². The molecule has 128 valence electrons. The van der Waals surface area contributed by atoms with Crippen LogP contribution in [0.5, 0.6) is 0 Å². The summed E-state index contributed by atoms with van der Waals surface area (Å²) in [5.41, 5.74) is 0.452. The lowest BCUT2D eigenvalue weighted by Crippen LogP contribution is -2.39. The van der Waals surface area contributed by atoms with Gasteiger partial charge in [0.1, 0.15) is 5.60 Å². The van der Waals surface area contributed by atoms with Crippen LogP contribution in [-0.4, -0.2) is 29.9 Å². The highest BCUT2D eigenvalue weighted by atomic mass is 32.1. The summed E-state index contributed by atoms with van der Waals surface area (Å²) >= 11 is 5.30. The second-order valence-electron chi connectivity index (χ2n) is 6.34. The summed E-state index contributed by atoms with van der Waals surface area (Å²) in [4.78, 5) is 11.5. The Kier molecular flexibility index (Phi) is 5.98. The van der Waals surface area contributed by atoms with E-state index in [2.05, 4.69) is 28.1 Å². The summed E-state index contributed by atoms with van der Waals surface area (Å²) in [6.07, 6.45) is -0.433. The second-order valence-corrected chi connectivity index (χ2v) is 6.74. The SMILES string of the molecule is CC(C)(C)OC(=O)NCCNC(=S)Nc1cccc2ccccc12. The predicted octanol–water partition coefficient (Wildman–Crippen LogP) is 3.65. The van der Waals surface area contributed by atoms with E-state index in [-0.39, 0.29) is 0 Å². The Morgan fingerprint density at radius 3 is 2.46 bits per heavy atom. The van der Waals surface area contributed by atoms with Crippen LogP contribution < -0.4 is 16.0 Å². The highest BCUT2D eigenvalue weighted by molar-refractivity contribution is 7.80. The molecule has 0 radical (unpaired) electrons. The van der Waals surface area contributed by atoms with Crippen molar-refractivity contribution in [3.05, 3.63) is 42.5 Å². The van der Waals surface area contributed by atoms with Crippen molar-refractivity contribution in [1.29, 1.82) is 0 Å². The molecule has 0 fully saturated rings. The first-order chi connectivity index (χ1) is 11.3. The van der Waals surface area contributed by atoms with Crippen LogP contribution in [0.15, 0.2) is 42.5 Å². The van der Waals surface area contributed by atoms with E-state index in [4.69, 9.17) is 17.0 Å². The third kappa shape index (κ3) is 5.70. The van der Waals surface area contributed by atoms with Gasteiger partial charge in [0.2, 0.25) is 0 Å². The molecular weight excluding hydrogens is 322 g/mol. The van der Waals surface area contributed by atoms with Gasteiger partial charge in [0.25, 0.3) is 0 Å². The molecule has 0 aromatic heterocycles. The first-order valence-electron chi connectivity index (χ1n) is 7.84. The van der Waals surface area contributed by atoms with Crippen molar-refractivity contribution in [2.75, 3.05) is 18.4 Å². The number of carbonyl (C=O) groups excluding carboxylic acids is 1. The molecule has 0 spiro atoms. The van der Waals surface area contributed by atoms with Gasteiger partial charge in [-0.25, -0.2) is 4.79 Å². The molecule has 0 unspecified atom stereocenters. The van der Waals surface area contributed by atoms with Crippen LogP contribution >= 0.6 is 12.2 Å². The van der Waals surface area contributed by atoms with E-state index in [9.17, 15) is 4.79 Å². The summed E-state index contributed by atoms with van der Waals surface area (Å²) < 4.78 is 5.16. The van der Waals surface area contributed by atoms with Crippen LogP contribution in [0.2, 0.25) is 0 Å². The molecule has 5 nitrogen and oxygen atoms in total. The fourth-order valence-electron chi connectivity index (χ4n) is 2.16. The second kappa shape index (κ2) is 7.97. The van der Waals surface area contributed by atoms with Crippen LogP contribution in [0.4, 0.5) is 10.5 Å². The van der Waals surface area contributed by atoms with Crippen LogP contribution in [0.25, 0.3) is 10.8 Å². The maximum atomic E-state index is 11.5. The molecule has 0 aliphatic heterocycles. The molecule has 24 heavy (non-hydrogen) atoms. The van der Waals surface area contributed by atoms with Gasteiger partial charge in [-0.3, -0.25) is 0 Å². The van der Waals surface area contributed by atoms with Crippen molar-refractivity contribution in [3.8, 4) is 0 Å². The third-order valence-corrected chi connectivity index (χ3v) is 3.36. The number of amides is 1. The molecule has 2 rings (SSSR count). The standard InChI is InChI=1S/C18H23N3O2S/c1-18(2,3)23-17(22)20-12-11-19-16(24)21-15-10-6-8-13-7-4-5-9-14(13)15/h4-10H,11-12H2,1-3H3,(H,20,22)(H2,19,21,24). The number of thiocarbonyl (C=S) groups is 1. The van der Waals surface area contributed by atoms with Crippen molar-refractivity contribution in [2.45, 2.75) is 26.4 Å². The Balaban J connectivity index is 1.78. The number of hydrogen-bond acceptors (Lipinski definition) is 3. The molecule has 0 heterocycles. The van der Waals surface area contributed by atoms with E-state index < -0.39 is 11.7 Å². The van der Waals surface area contributed by atoms with E-state index in [0.29, 0.717) is 18.2 Å². The summed E-state index contributed by atoms with van der Waals surface area (Å²) in [7, 11) is 0. The van der Waals surface area contributed by atoms with E-state index >= 15 is 0 Å². The quantitative estimate of drug-likeness (QED) is 0.583. The Bertz CT molecular complexity index is 720. The molecule has 0 aliphatic rings. The summed E-state index contributed by atoms with van der Waals surface area (Å²) in [5, 5.41) is 11.7. The van der Waals surface area contributed by atoms with E-state index in [1.165, 1.54) is 0 Å². The number of rotatable bonds is 4. The van der Waals surface area contributed by atoms with Crippen molar-refractivity contribution in [2.24, 2.45) is 0 Å². The number of carbonyl (C=O) groups is 1. The largest absolute Gasteiger partial charge is 0.444 e. The normalized spacial score (nSPS) is 11.0. The minimum absolute atomic E-state index is 0.423. The topological polar surface area (TPSA) is 62.4 Å². The number of anilines is 1. The van der Waals surface area contributed by atoms with Gasteiger partial charge in [-0.15, -0.1) is 0 Å². The van der Waals surface area contributed by atoms with E-state index in [1.807, 2.05) is 51.1 Å². The number of alkyl carbamates (subject to hydrolysis) is 1. The van der Waals surface area contributed by atoms with Gasteiger partial charge in [-0.2, -0.15) is 0 Å². The first-order valence-corrected chi connectivity index (χ1v) is 8.25. The third-order valence-electron chi connectivity index (χ3n) is 3.12. The van der Waals surface area contributed by atoms with Gasteiger partial charge in [-0.1, -0.05) is 36.4 Å².